The van der Waals surface area contributed by atoms with Crippen molar-refractivity contribution in [2.45, 2.75) is 13.0 Å². The molecule has 32 heavy (non-hydrogen) atoms. The number of carbonyl (C=O) groups excluding carboxylic acids is 1. The van der Waals surface area contributed by atoms with Crippen LogP contribution in [0.5, 0.6) is 0 Å². The summed E-state index contributed by atoms with van der Waals surface area (Å²) in [6.45, 7) is 3.75. The first-order valence-electron chi connectivity index (χ1n) is 10.5. The fourth-order valence-corrected chi connectivity index (χ4v) is 4.31. The summed E-state index contributed by atoms with van der Waals surface area (Å²) in [7, 11) is 1.52. The Hall–Kier alpha value is -3.59. The van der Waals surface area contributed by atoms with Gasteiger partial charge in [-0.15, -0.1) is 10.2 Å². The lowest BCUT2D eigenvalue weighted by Gasteiger charge is -2.40. The summed E-state index contributed by atoms with van der Waals surface area (Å²) in [4.78, 5) is 21.2. The molecule has 9 heteroatoms. The molecule has 5 rings (SSSR count). The molecule has 0 aliphatic carbocycles. The highest BCUT2D eigenvalue weighted by Crippen LogP contribution is 2.30. The molecule has 0 N–H and O–H groups in total. The Labute approximate surface area is 184 Å². The van der Waals surface area contributed by atoms with Crippen LogP contribution in [0.15, 0.2) is 48.5 Å². The number of anilines is 1. The molecule has 1 aliphatic rings. The van der Waals surface area contributed by atoms with Crippen molar-refractivity contribution in [1.82, 2.24) is 24.5 Å². The molecule has 0 saturated carbocycles. The minimum absolute atomic E-state index is 0.0346. The van der Waals surface area contributed by atoms with Crippen molar-refractivity contribution in [2.24, 2.45) is 0 Å². The monoisotopic (exact) mass is 434 g/mol. The van der Waals surface area contributed by atoms with E-state index in [0.29, 0.717) is 42.6 Å². The highest BCUT2D eigenvalue weighted by Gasteiger charge is 2.30. The summed E-state index contributed by atoms with van der Waals surface area (Å²) in [6.07, 6.45) is 0. The fourth-order valence-electron chi connectivity index (χ4n) is 4.31. The zero-order valence-electron chi connectivity index (χ0n) is 17.9. The minimum Gasteiger partial charge on any atom is -0.375 e. The number of hydrogen-bond acceptors (Lipinski definition) is 6. The van der Waals surface area contributed by atoms with Gasteiger partial charge in [0.1, 0.15) is 12.4 Å². The molecule has 0 radical (unpaired) electrons. The first kappa shape index (κ1) is 20.3. The van der Waals surface area contributed by atoms with Gasteiger partial charge in [0.05, 0.1) is 11.1 Å². The fraction of sp³-hybridized carbons (Fsp3) is 0.304. The normalized spacial score (nSPS) is 16.8. The Morgan fingerprint density at radius 2 is 1.91 bits per heavy atom. The molecular weight excluding hydrogens is 411 g/mol. The third-order valence-electron chi connectivity index (χ3n) is 5.84. The van der Waals surface area contributed by atoms with E-state index in [2.05, 4.69) is 15.1 Å². The van der Waals surface area contributed by atoms with E-state index in [4.69, 9.17) is 9.72 Å². The molecule has 0 spiro atoms. The van der Waals surface area contributed by atoms with Crippen LogP contribution < -0.4 is 4.90 Å². The first-order valence-corrected chi connectivity index (χ1v) is 10.5. The van der Waals surface area contributed by atoms with Crippen LogP contribution >= 0.6 is 0 Å². The second kappa shape index (κ2) is 8.16. The maximum absolute atomic E-state index is 14.7. The van der Waals surface area contributed by atoms with Gasteiger partial charge in [-0.3, -0.25) is 4.79 Å². The smallest absolute Gasteiger partial charge is 0.248 e. The van der Waals surface area contributed by atoms with Crippen LogP contribution in [0.4, 0.5) is 10.3 Å². The highest BCUT2D eigenvalue weighted by molar-refractivity contribution is 5.93. The van der Waals surface area contributed by atoms with Gasteiger partial charge < -0.3 is 14.5 Å². The molecule has 1 aliphatic heterocycles. The van der Waals surface area contributed by atoms with Gasteiger partial charge in [0.2, 0.25) is 11.9 Å². The van der Waals surface area contributed by atoms with Crippen molar-refractivity contribution in [1.29, 1.82) is 0 Å². The summed E-state index contributed by atoms with van der Waals surface area (Å²) in [6, 6.07) is 14.2. The van der Waals surface area contributed by atoms with Gasteiger partial charge in [-0.1, -0.05) is 24.3 Å². The number of fused-ring (bicyclic) bond motifs is 3. The third kappa shape index (κ3) is 3.34. The number of aromatic nitrogens is 4. The second-order valence-electron chi connectivity index (χ2n) is 7.91. The molecule has 1 fully saturated rings. The Morgan fingerprint density at radius 3 is 2.69 bits per heavy atom. The zero-order chi connectivity index (χ0) is 22.2. The van der Waals surface area contributed by atoms with Crippen molar-refractivity contribution in [3.05, 3.63) is 54.3 Å². The Kier molecular flexibility index (Phi) is 5.18. The molecule has 2 aromatic carbocycles. The van der Waals surface area contributed by atoms with Crippen LogP contribution in [0.2, 0.25) is 0 Å². The van der Waals surface area contributed by atoms with Crippen LogP contribution in [0.25, 0.3) is 27.9 Å². The van der Waals surface area contributed by atoms with E-state index in [-0.39, 0.29) is 24.4 Å². The van der Waals surface area contributed by atoms with E-state index in [1.54, 1.807) is 18.2 Å². The number of hydrogen-bond donors (Lipinski definition) is 0. The summed E-state index contributed by atoms with van der Waals surface area (Å²) >= 11 is 0. The molecule has 2 aromatic heterocycles. The summed E-state index contributed by atoms with van der Waals surface area (Å²) in [5.41, 5.74) is 1.77. The number of amides is 1. The maximum atomic E-state index is 14.7. The summed E-state index contributed by atoms with van der Waals surface area (Å²) in [5.74, 6) is 0.626. The number of ether oxygens (including phenoxy) is 1. The van der Waals surface area contributed by atoms with Gasteiger partial charge in [-0.05, 0) is 31.2 Å². The molecular formula is C23H23FN6O2. The molecule has 1 atom stereocenters. The lowest BCUT2D eigenvalue weighted by Crippen LogP contribution is -2.55. The lowest BCUT2D eigenvalue weighted by atomic mass is 10.1. The Balaban J connectivity index is 1.64. The number of methoxy groups -OCH3 is 1. The minimum atomic E-state index is -0.371. The molecule has 4 aromatic rings. The molecule has 164 valence electrons. The molecule has 8 nitrogen and oxygen atoms in total. The van der Waals surface area contributed by atoms with Crippen molar-refractivity contribution in [2.75, 3.05) is 38.3 Å². The molecule has 1 amide bonds. The average molecular weight is 434 g/mol. The number of rotatable bonds is 4. The van der Waals surface area contributed by atoms with Gasteiger partial charge in [-0.2, -0.15) is 0 Å². The Bertz CT molecular complexity index is 1310. The highest BCUT2D eigenvalue weighted by atomic mass is 19.1. The molecule has 0 unspecified atom stereocenters. The van der Waals surface area contributed by atoms with Gasteiger partial charge in [-0.25, -0.2) is 13.8 Å². The second-order valence-corrected chi connectivity index (χ2v) is 7.91. The van der Waals surface area contributed by atoms with E-state index in [1.165, 1.54) is 13.2 Å². The molecule has 1 saturated heterocycles. The van der Waals surface area contributed by atoms with Gasteiger partial charge in [0.25, 0.3) is 0 Å². The van der Waals surface area contributed by atoms with Crippen LogP contribution in [0, 0.1) is 5.82 Å². The van der Waals surface area contributed by atoms with Gasteiger partial charge in [0, 0.05) is 38.2 Å². The molecule has 3 heterocycles. The van der Waals surface area contributed by atoms with Crippen LogP contribution in [0.3, 0.4) is 0 Å². The number of benzene rings is 2. The predicted octanol–water partition coefficient (Wildman–Crippen LogP) is 2.77. The number of piperazine rings is 1. The van der Waals surface area contributed by atoms with Crippen molar-refractivity contribution < 1.29 is 13.9 Å². The van der Waals surface area contributed by atoms with Crippen LogP contribution in [-0.2, 0) is 9.53 Å². The average Bonchev–Trinajstić information content (AvgIpc) is 3.24. The first-order chi connectivity index (χ1) is 15.6. The number of carbonyl (C=O) groups is 1. The van der Waals surface area contributed by atoms with Gasteiger partial charge >= 0.3 is 0 Å². The third-order valence-corrected chi connectivity index (χ3v) is 5.84. The topological polar surface area (TPSA) is 75.9 Å². The van der Waals surface area contributed by atoms with Crippen molar-refractivity contribution in [3.8, 4) is 11.4 Å². The quantitative estimate of drug-likeness (QED) is 0.492. The van der Waals surface area contributed by atoms with E-state index in [1.807, 2.05) is 40.5 Å². The summed E-state index contributed by atoms with van der Waals surface area (Å²) in [5, 5.41) is 9.59. The summed E-state index contributed by atoms with van der Waals surface area (Å²) < 4.78 is 21.5. The number of halogens is 1. The lowest BCUT2D eigenvalue weighted by molar-refractivity contribution is -0.137. The largest absolute Gasteiger partial charge is 0.375 e. The number of nitrogens with zero attached hydrogens (tertiary/aromatic N) is 6. The van der Waals surface area contributed by atoms with Crippen molar-refractivity contribution >= 4 is 28.4 Å². The van der Waals surface area contributed by atoms with E-state index in [0.717, 1.165) is 10.9 Å². The van der Waals surface area contributed by atoms with E-state index >= 15 is 0 Å². The molecule has 0 bridgehead atoms. The SMILES string of the molecule is COCC(=O)N1CCN(c2nc3ccccc3c3nnc(-c4ccccc4F)n23)C[C@H]1C. The van der Waals surface area contributed by atoms with E-state index in [9.17, 15) is 9.18 Å². The predicted molar refractivity (Wildman–Crippen MR) is 119 cm³/mol. The zero-order valence-corrected chi connectivity index (χ0v) is 17.9. The standard InChI is InChI=1S/C23H23FN6O2/c1-15-13-28(11-12-29(15)20(31)14-32-2)23-25-19-10-6-4-8-17(19)22-27-26-21(30(22)23)16-7-3-5-9-18(16)24/h3-10,15H,11-14H2,1-2H3/t15-/m1/s1. The van der Waals surface area contributed by atoms with Crippen molar-refractivity contribution in [3.63, 3.8) is 0 Å². The van der Waals surface area contributed by atoms with Gasteiger partial charge in [0.15, 0.2) is 11.5 Å². The Morgan fingerprint density at radius 1 is 1.12 bits per heavy atom. The number of para-hydroxylation sites is 1. The maximum Gasteiger partial charge on any atom is 0.248 e. The van der Waals surface area contributed by atoms with E-state index < -0.39 is 0 Å². The van der Waals surface area contributed by atoms with Crippen LogP contribution in [-0.4, -0.2) is 69.8 Å². The van der Waals surface area contributed by atoms with Crippen LogP contribution in [0.1, 0.15) is 6.92 Å².